The number of halogens is 1. The zero-order valence-electron chi connectivity index (χ0n) is 10.7. The average molecular weight is 239 g/mol. The lowest BCUT2D eigenvalue weighted by Gasteiger charge is -2.18. The van der Waals surface area contributed by atoms with Crippen LogP contribution in [0.15, 0.2) is 24.3 Å². The molecule has 1 unspecified atom stereocenters. The van der Waals surface area contributed by atoms with Crippen LogP contribution in [0.25, 0.3) is 0 Å². The van der Waals surface area contributed by atoms with E-state index in [1.54, 1.807) is 0 Å². The molecule has 1 rings (SSSR count). The number of alkyl halides is 1. The molecule has 0 spiro atoms. The Morgan fingerprint density at radius 2 is 1.75 bits per heavy atom. The van der Waals surface area contributed by atoms with Crippen molar-refractivity contribution in [3.05, 3.63) is 35.4 Å². The fourth-order valence-corrected chi connectivity index (χ4v) is 2.50. The Morgan fingerprint density at radius 1 is 1.12 bits per heavy atom. The molecule has 1 atom stereocenters. The van der Waals surface area contributed by atoms with E-state index in [1.807, 2.05) is 0 Å². The third-order valence-electron chi connectivity index (χ3n) is 3.20. The highest BCUT2D eigenvalue weighted by Crippen LogP contribution is 2.26. The summed E-state index contributed by atoms with van der Waals surface area (Å²) in [6.45, 7) is 6.70. The van der Waals surface area contributed by atoms with Crippen LogP contribution in [0, 0.1) is 5.92 Å². The molecule has 90 valence electrons. The molecule has 0 radical (unpaired) electrons. The fourth-order valence-electron chi connectivity index (χ4n) is 1.96. The van der Waals surface area contributed by atoms with E-state index in [2.05, 4.69) is 45.0 Å². The Morgan fingerprint density at radius 3 is 2.19 bits per heavy atom. The Bertz CT molecular complexity index is 287. The van der Waals surface area contributed by atoms with Crippen molar-refractivity contribution in [2.24, 2.45) is 5.92 Å². The molecule has 0 saturated carbocycles. The molecule has 0 aliphatic carbocycles. The predicted octanol–water partition coefficient (Wildman–Crippen LogP) is 5.01. The lowest BCUT2D eigenvalue weighted by Crippen LogP contribution is -2.08. The van der Waals surface area contributed by atoms with Crippen LogP contribution in [0.2, 0.25) is 0 Å². The molecule has 0 fully saturated rings. The van der Waals surface area contributed by atoms with Crippen LogP contribution in [0.1, 0.15) is 50.7 Å². The van der Waals surface area contributed by atoms with E-state index in [9.17, 15) is 0 Å². The van der Waals surface area contributed by atoms with Crippen LogP contribution in [-0.4, -0.2) is 5.88 Å². The lowest BCUT2D eigenvalue weighted by atomic mass is 9.89. The first kappa shape index (κ1) is 13.6. The number of unbranched alkanes of at least 4 members (excludes halogenated alkanes) is 1. The van der Waals surface area contributed by atoms with E-state index in [1.165, 1.54) is 30.4 Å². The number of hydrogen-bond acceptors (Lipinski definition) is 0. The van der Waals surface area contributed by atoms with Gasteiger partial charge in [0.15, 0.2) is 0 Å². The van der Waals surface area contributed by atoms with Gasteiger partial charge in [-0.25, -0.2) is 0 Å². The zero-order valence-corrected chi connectivity index (χ0v) is 11.4. The monoisotopic (exact) mass is 238 g/mol. The third kappa shape index (κ3) is 3.83. The van der Waals surface area contributed by atoms with E-state index in [0.29, 0.717) is 17.7 Å². The van der Waals surface area contributed by atoms with Crippen molar-refractivity contribution in [3.8, 4) is 0 Å². The van der Waals surface area contributed by atoms with Crippen molar-refractivity contribution in [3.63, 3.8) is 0 Å². The Labute approximate surface area is 105 Å². The van der Waals surface area contributed by atoms with Gasteiger partial charge in [0.05, 0.1) is 0 Å². The Hall–Kier alpha value is -0.490. The summed E-state index contributed by atoms with van der Waals surface area (Å²) in [6.07, 6.45) is 3.74. The zero-order chi connectivity index (χ0) is 12.0. The number of rotatable bonds is 6. The Kier molecular flexibility index (Phi) is 5.90. The van der Waals surface area contributed by atoms with Crippen LogP contribution in [0.5, 0.6) is 0 Å². The van der Waals surface area contributed by atoms with Crippen LogP contribution in [0.4, 0.5) is 0 Å². The summed E-state index contributed by atoms with van der Waals surface area (Å²) in [7, 11) is 0. The van der Waals surface area contributed by atoms with Gasteiger partial charge in [-0.05, 0) is 35.8 Å². The molecule has 0 heterocycles. The van der Waals surface area contributed by atoms with Gasteiger partial charge in [0.25, 0.3) is 0 Å². The quantitative estimate of drug-likeness (QED) is 0.612. The summed E-state index contributed by atoms with van der Waals surface area (Å²) in [6, 6.07) is 9.01. The highest BCUT2D eigenvalue weighted by molar-refractivity contribution is 6.18. The summed E-state index contributed by atoms with van der Waals surface area (Å²) >= 11 is 6.02. The van der Waals surface area contributed by atoms with Gasteiger partial charge in [0, 0.05) is 5.88 Å². The van der Waals surface area contributed by atoms with E-state index in [-0.39, 0.29) is 0 Å². The van der Waals surface area contributed by atoms with Gasteiger partial charge in [0.1, 0.15) is 0 Å². The molecule has 0 aliphatic rings. The smallest absolute Gasteiger partial charge is 0.0294 e. The lowest BCUT2D eigenvalue weighted by molar-refractivity contribution is 0.539. The van der Waals surface area contributed by atoms with E-state index >= 15 is 0 Å². The van der Waals surface area contributed by atoms with E-state index in [0.717, 1.165) is 0 Å². The molecular formula is C15H23Cl. The van der Waals surface area contributed by atoms with Crippen LogP contribution in [-0.2, 0) is 6.42 Å². The van der Waals surface area contributed by atoms with Gasteiger partial charge >= 0.3 is 0 Å². The van der Waals surface area contributed by atoms with Crippen molar-refractivity contribution in [2.75, 3.05) is 5.88 Å². The van der Waals surface area contributed by atoms with Gasteiger partial charge in [-0.1, -0.05) is 51.5 Å². The predicted molar refractivity (Wildman–Crippen MR) is 73.4 cm³/mol. The first-order valence-corrected chi connectivity index (χ1v) is 6.87. The van der Waals surface area contributed by atoms with E-state index < -0.39 is 0 Å². The van der Waals surface area contributed by atoms with Crippen molar-refractivity contribution < 1.29 is 0 Å². The third-order valence-corrected chi connectivity index (χ3v) is 3.53. The Balaban J connectivity index is 2.69. The molecule has 0 aliphatic heterocycles. The summed E-state index contributed by atoms with van der Waals surface area (Å²) < 4.78 is 0. The molecule has 0 aromatic heterocycles. The fraction of sp³-hybridized carbons (Fsp3) is 0.600. The normalized spacial score (nSPS) is 13.1. The van der Waals surface area contributed by atoms with Gasteiger partial charge < -0.3 is 0 Å². The van der Waals surface area contributed by atoms with Gasteiger partial charge in [-0.2, -0.15) is 0 Å². The van der Waals surface area contributed by atoms with Gasteiger partial charge in [-0.15, -0.1) is 11.6 Å². The van der Waals surface area contributed by atoms with Crippen molar-refractivity contribution >= 4 is 11.6 Å². The summed E-state index contributed by atoms with van der Waals surface area (Å²) in [5.41, 5.74) is 2.83. The standard InChI is InChI=1S/C15H23Cl/c1-4-5-6-13-7-9-14(10-8-13)15(11-16)12(2)3/h7-10,12,15H,4-6,11H2,1-3H3. The second-order valence-corrected chi connectivity index (χ2v) is 5.16. The summed E-state index contributed by atoms with van der Waals surface area (Å²) in [4.78, 5) is 0. The maximum absolute atomic E-state index is 6.02. The average Bonchev–Trinajstić information content (AvgIpc) is 2.28. The minimum Gasteiger partial charge on any atom is -0.126 e. The molecule has 0 nitrogen and oxygen atoms in total. The first-order chi connectivity index (χ1) is 7.69. The molecule has 0 amide bonds. The first-order valence-electron chi connectivity index (χ1n) is 6.33. The molecule has 0 N–H and O–H groups in total. The maximum Gasteiger partial charge on any atom is 0.0294 e. The van der Waals surface area contributed by atoms with Crippen LogP contribution < -0.4 is 0 Å². The molecule has 1 heteroatoms. The molecule has 0 saturated heterocycles. The second-order valence-electron chi connectivity index (χ2n) is 4.85. The summed E-state index contributed by atoms with van der Waals surface area (Å²) in [5, 5.41) is 0. The number of benzene rings is 1. The van der Waals surface area contributed by atoms with Crippen molar-refractivity contribution in [1.29, 1.82) is 0 Å². The number of aryl methyl sites for hydroxylation is 1. The largest absolute Gasteiger partial charge is 0.126 e. The van der Waals surface area contributed by atoms with E-state index in [4.69, 9.17) is 11.6 Å². The van der Waals surface area contributed by atoms with Crippen molar-refractivity contribution in [1.82, 2.24) is 0 Å². The van der Waals surface area contributed by atoms with Crippen LogP contribution in [0.3, 0.4) is 0 Å². The molecule has 1 aromatic carbocycles. The highest BCUT2D eigenvalue weighted by atomic mass is 35.5. The topological polar surface area (TPSA) is 0 Å². The maximum atomic E-state index is 6.02. The molecular weight excluding hydrogens is 216 g/mol. The molecule has 0 bridgehead atoms. The SMILES string of the molecule is CCCCc1ccc(C(CCl)C(C)C)cc1. The molecule has 16 heavy (non-hydrogen) atoms. The molecule has 1 aromatic rings. The second kappa shape index (κ2) is 6.96. The summed E-state index contributed by atoms with van der Waals surface area (Å²) in [5.74, 6) is 1.81. The highest BCUT2D eigenvalue weighted by Gasteiger charge is 2.14. The van der Waals surface area contributed by atoms with Gasteiger partial charge in [-0.3, -0.25) is 0 Å². The minimum atomic E-state index is 0.488. The minimum absolute atomic E-state index is 0.488. The number of hydrogen-bond donors (Lipinski definition) is 0. The van der Waals surface area contributed by atoms with Crippen molar-refractivity contribution in [2.45, 2.75) is 46.0 Å². The van der Waals surface area contributed by atoms with Gasteiger partial charge in [0.2, 0.25) is 0 Å². The van der Waals surface area contributed by atoms with Crippen LogP contribution >= 0.6 is 11.6 Å².